The molecule has 35 heavy (non-hydrogen) atoms. The average molecular weight is 491 g/mol. The van der Waals surface area contributed by atoms with Crippen molar-refractivity contribution in [3.8, 4) is 5.75 Å². The predicted molar refractivity (Wildman–Crippen MR) is 130 cm³/mol. The maximum atomic E-state index is 13.7. The second kappa shape index (κ2) is 12.4. The van der Waals surface area contributed by atoms with Gasteiger partial charge < -0.3 is 31.1 Å². The average Bonchev–Trinajstić information content (AvgIpc) is 3.58. The SMILES string of the molecule is CCCCCNC(=O)C(c1ccc(O)cc1)N(C(=O)C(CC(N)=O)NC(=O)OC(C)(C)C)C1CC1. The van der Waals surface area contributed by atoms with Crippen molar-refractivity contribution in [2.45, 2.75) is 89.9 Å². The van der Waals surface area contributed by atoms with Crippen LogP contribution in [-0.4, -0.2) is 58.1 Å². The van der Waals surface area contributed by atoms with Gasteiger partial charge in [-0.2, -0.15) is 0 Å². The first-order valence-electron chi connectivity index (χ1n) is 12.1. The Kier molecular flexibility index (Phi) is 9.91. The number of rotatable bonds is 12. The van der Waals surface area contributed by atoms with Crippen molar-refractivity contribution in [1.29, 1.82) is 0 Å². The number of nitrogens with one attached hydrogen (secondary N) is 2. The lowest BCUT2D eigenvalue weighted by molar-refractivity contribution is -0.144. The predicted octanol–water partition coefficient (Wildman–Crippen LogP) is 2.50. The number of nitrogens with two attached hydrogens (primary N) is 1. The monoisotopic (exact) mass is 490 g/mol. The zero-order valence-electron chi connectivity index (χ0n) is 21.0. The number of amides is 4. The van der Waals surface area contributed by atoms with E-state index < -0.39 is 42.0 Å². The topological polar surface area (TPSA) is 151 Å². The third kappa shape index (κ3) is 9.11. The second-order valence-corrected chi connectivity index (χ2v) is 9.84. The van der Waals surface area contributed by atoms with Crippen LogP contribution >= 0.6 is 0 Å². The van der Waals surface area contributed by atoms with Crippen LogP contribution in [0.25, 0.3) is 0 Å². The second-order valence-electron chi connectivity index (χ2n) is 9.84. The first-order valence-corrected chi connectivity index (χ1v) is 12.1. The molecule has 0 radical (unpaired) electrons. The third-order valence-electron chi connectivity index (χ3n) is 5.40. The number of alkyl carbamates (subject to hydrolysis) is 1. The molecule has 1 aromatic carbocycles. The van der Waals surface area contributed by atoms with Crippen LogP contribution in [0, 0.1) is 0 Å². The number of hydrogen-bond acceptors (Lipinski definition) is 6. The summed E-state index contributed by atoms with van der Waals surface area (Å²) in [4.78, 5) is 52.7. The summed E-state index contributed by atoms with van der Waals surface area (Å²) in [6.07, 6.45) is 2.80. The first kappa shape index (κ1) is 27.9. The number of carbonyl (C=O) groups excluding carboxylic acids is 4. The van der Waals surface area contributed by atoms with Crippen LogP contribution in [0.15, 0.2) is 24.3 Å². The lowest BCUT2D eigenvalue weighted by Crippen LogP contribution is -2.54. The molecule has 0 heterocycles. The van der Waals surface area contributed by atoms with Crippen LogP contribution < -0.4 is 16.4 Å². The van der Waals surface area contributed by atoms with Gasteiger partial charge in [0.2, 0.25) is 17.7 Å². The highest BCUT2D eigenvalue weighted by molar-refractivity contribution is 5.95. The minimum Gasteiger partial charge on any atom is -0.508 e. The van der Waals surface area contributed by atoms with Crippen LogP contribution in [0.5, 0.6) is 5.75 Å². The Morgan fingerprint density at radius 3 is 2.29 bits per heavy atom. The number of nitrogens with zero attached hydrogens (tertiary/aromatic N) is 1. The van der Waals surface area contributed by atoms with Crippen LogP contribution in [0.1, 0.15) is 77.8 Å². The Bertz CT molecular complexity index is 892. The summed E-state index contributed by atoms with van der Waals surface area (Å²) in [5.41, 5.74) is 5.07. The van der Waals surface area contributed by atoms with E-state index in [2.05, 4.69) is 17.6 Å². The van der Waals surface area contributed by atoms with Crippen LogP contribution in [0.2, 0.25) is 0 Å². The van der Waals surface area contributed by atoms with Gasteiger partial charge in [0, 0.05) is 12.6 Å². The molecule has 0 aliphatic heterocycles. The number of aromatic hydroxyl groups is 1. The Hall–Kier alpha value is -3.30. The van der Waals surface area contributed by atoms with Gasteiger partial charge in [0.15, 0.2) is 0 Å². The van der Waals surface area contributed by atoms with Gasteiger partial charge in [-0.25, -0.2) is 4.79 Å². The molecule has 1 fully saturated rings. The van der Waals surface area contributed by atoms with E-state index in [0.29, 0.717) is 24.9 Å². The van der Waals surface area contributed by atoms with Gasteiger partial charge in [-0.05, 0) is 57.7 Å². The van der Waals surface area contributed by atoms with E-state index in [-0.39, 0.29) is 17.7 Å². The number of primary amides is 1. The van der Waals surface area contributed by atoms with E-state index >= 15 is 0 Å². The summed E-state index contributed by atoms with van der Waals surface area (Å²) in [7, 11) is 0. The first-order chi connectivity index (χ1) is 16.4. The molecule has 4 amide bonds. The number of phenolic OH excluding ortho intramolecular Hbond substituents is 1. The molecule has 2 unspecified atom stereocenters. The summed E-state index contributed by atoms with van der Waals surface area (Å²) in [6, 6.07) is 3.52. The maximum Gasteiger partial charge on any atom is 0.408 e. The van der Waals surface area contributed by atoms with Crippen molar-refractivity contribution in [2.75, 3.05) is 6.54 Å². The van der Waals surface area contributed by atoms with Crippen molar-refractivity contribution < 1.29 is 29.0 Å². The summed E-state index contributed by atoms with van der Waals surface area (Å²) in [5, 5.41) is 15.1. The van der Waals surface area contributed by atoms with E-state index in [0.717, 1.165) is 19.3 Å². The van der Waals surface area contributed by atoms with Gasteiger partial charge in [-0.15, -0.1) is 0 Å². The zero-order valence-corrected chi connectivity index (χ0v) is 21.0. The lowest BCUT2D eigenvalue weighted by Gasteiger charge is -2.34. The van der Waals surface area contributed by atoms with Crippen LogP contribution in [-0.2, 0) is 19.1 Å². The maximum absolute atomic E-state index is 13.7. The molecule has 0 aromatic heterocycles. The van der Waals surface area contributed by atoms with Crippen molar-refractivity contribution >= 4 is 23.8 Å². The summed E-state index contributed by atoms with van der Waals surface area (Å²) in [6.45, 7) is 7.55. The molecule has 1 aliphatic rings. The molecule has 10 heteroatoms. The Labute approximate surface area is 206 Å². The van der Waals surface area contributed by atoms with Crippen LogP contribution in [0.4, 0.5) is 4.79 Å². The summed E-state index contributed by atoms with van der Waals surface area (Å²) in [5.74, 6) is -1.72. The number of benzene rings is 1. The van der Waals surface area contributed by atoms with Crippen LogP contribution in [0.3, 0.4) is 0 Å². The minimum atomic E-state index is -1.30. The largest absolute Gasteiger partial charge is 0.508 e. The van der Waals surface area contributed by atoms with E-state index in [4.69, 9.17) is 10.5 Å². The van der Waals surface area contributed by atoms with Crippen molar-refractivity contribution in [1.82, 2.24) is 15.5 Å². The van der Waals surface area contributed by atoms with E-state index in [1.807, 2.05) is 0 Å². The third-order valence-corrected chi connectivity index (χ3v) is 5.40. The fraction of sp³-hybridized carbons (Fsp3) is 0.600. The number of phenols is 1. The molecule has 1 saturated carbocycles. The fourth-order valence-electron chi connectivity index (χ4n) is 3.68. The van der Waals surface area contributed by atoms with Gasteiger partial charge in [0.25, 0.3) is 0 Å². The molecule has 1 aromatic rings. The fourth-order valence-corrected chi connectivity index (χ4v) is 3.68. The minimum absolute atomic E-state index is 0.0262. The number of carbonyl (C=O) groups is 4. The molecule has 0 saturated heterocycles. The molecule has 1 aliphatic carbocycles. The highest BCUT2D eigenvalue weighted by Crippen LogP contribution is 2.36. The van der Waals surface area contributed by atoms with Gasteiger partial charge in [-0.3, -0.25) is 14.4 Å². The molecule has 194 valence electrons. The summed E-state index contributed by atoms with van der Waals surface area (Å²) < 4.78 is 5.26. The van der Waals surface area contributed by atoms with E-state index in [1.54, 1.807) is 32.9 Å². The van der Waals surface area contributed by atoms with Crippen molar-refractivity contribution in [2.24, 2.45) is 5.73 Å². The molecule has 10 nitrogen and oxygen atoms in total. The lowest BCUT2D eigenvalue weighted by atomic mass is 10.0. The Morgan fingerprint density at radius 1 is 1.14 bits per heavy atom. The molecule has 2 rings (SSSR count). The highest BCUT2D eigenvalue weighted by Gasteiger charge is 2.44. The normalized spacial score (nSPS) is 15.0. The Balaban J connectivity index is 2.37. The van der Waals surface area contributed by atoms with Gasteiger partial charge in [-0.1, -0.05) is 31.9 Å². The molecule has 0 bridgehead atoms. The van der Waals surface area contributed by atoms with E-state index in [1.165, 1.54) is 17.0 Å². The van der Waals surface area contributed by atoms with Crippen molar-refractivity contribution in [3.05, 3.63) is 29.8 Å². The molecule has 2 atom stereocenters. The van der Waals surface area contributed by atoms with Gasteiger partial charge in [0.05, 0.1) is 6.42 Å². The smallest absolute Gasteiger partial charge is 0.408 e. The van der Waals surface area contributed by atoms with Crippen molar-refractivity contribution in [3.63, 3.8) is 0 Å². The van der Waals surface area contributed by atoms with Gasteiger partial charge >= 0.3 is 6.09 Å². The Morgan fingerprint density at radius 2 is 1.77 bits per heavy atom. The summed E-state index contributed by atoms with van der Waals surface area (Å²) >= 11 is 0. The molecular formula is C25H38N4O6. The molecular weight excluding hydrogens is 452 g/mol. The van der Waals surface area contributed by atoms with Gasteiger partial charge in [0.1, 0.15) is 23.4 Å². The zero-order chi connectivity index (χ0) is 26.2. The standard InChI is InChI=1S/C25H38N4O6/c1-5-6-7-14-27-22(32)21(16-8-12-18(30)13-9-16)29(17-10-11-17)23(33)19(15-20(26)31)28-24(34)35-25(2,3)4/h8-9,12-13,17,19,21,30H,5-7,10-11,14-15H2,1-4H3,(H2,26,31)(H,27,32)(H,28,34). The quantitative estimate of drug-likeness (QED) is 0.331. The number of ether oxygens (including phenoxy) is 1. The molecule has 5 N–H and O–H groups in total. The molecule has 0 spiro atoms. The number of unbranched alkanes of at least 4 members (excludes halogenated alkanes) is 2. The highest BCUT2D eigenvalue weighted by atomic mass is 16.6. The van der Waals surface area contributed by atoms with E-state index in [9.17, 15) is 24.3 Å². The number of hydrogen-bond donors (Lipinski definition) is 4.